The summed E-state index contributed by atoms with van der Waals surface area (Å²) in [6.07, 6.45) is 8.17. The predicted octanol–water partition coefficient (Wildman–Crippen LogP) is 0.517. The highest BCUT2D eigenvalue weighted by Crippen LogP contribution is 1.94. The van der Waals surface area contributed by atoms with Crippen LogP contribution in [0, 0.1) is 0 Å². The lowest BCUT2D eigenvalue weighted by atomic mass is 10.2. The van der Waals surface area contributed by atoms with Gasteiger partial charge in [0.25, 0.3) is 0 Å². The average Bonchev–Trinajstić information content (AvgIpc) is 2.80. The van der Waals surface area contributed by atoms with E-state index in [-0.39, 0.29) is 11.9 Å². The number of nitrogens with two attached hydrogens (primary N) is 1. The molecule has 0 spiro atoms. The maximum Gasteiger partial charge on any atom is 0.236 e. The van der Waals surface area contributed by atoms with Crippen LogP contribution in [0.5, 0.6) is 0 Å². The summed E-state index contributed by atoms with van der Waals surface area (Å²) in [5.74, 6) is -0.0508. The molecule has 0 saturated carbocycles. The molecule has 0 aliphatic heterocycles. The van der Waals surface area contributed by atoms with Crippen LogP contribution < -0.4 is 11.1 Å². The number of carbonyl (C=O) groups excluding carboxylic acids is 1. The number of imidazole rings is 1. The minimum Gasteiger partial charge on any atom is -0.355 e. The Bertz CT molecular complexity index is 297. The van der Waals surface area contributed by atoms with Gasteiger partial charge in [0.1, 0.15) is 0 Å². The van der Waals surface area contributed by atoms with Gasteiger partial charge in [0, 0.05) is 25.5 Å². The monoisotopic (exact) mass is 224 g/mol. The van der Waals surface area contributed by atoms with Crippen molar-refractivity contribution in [2.45, 2.75) is 38.8 Å². The van der Waals surface area contributed by atoms with Gasteiger partial charge in [0.15, 0.2) is 0 Å². The molecule has 1 amide bonds. The molecule has 0 radical (unpaired) electrons. The Morgan fingerprint density at radius 1 is 1.56 bits per heavy atom. The van der Waals surface area contributed by atoms with Gasteiger partial charge in [-0.1, -0.05) is 6.92 Å². The van der Waals surface area contributed by atoms with Crippen LogP contribution in [0.15, 0.2) is 18.7 Å². The Hall–Kier alpha value is -1.36. The van der Waals surface area contributed by atoms with Crippen molar-refractivity contribution in [2.75, 3.05) is 6.54 Å². The number of aryl methyl sites for hydroxylation is 1. The van der Waals surface area contributed by atoms with Gasteiger partial charge < -0.3 is 15.6 Å². The molecule has 0 aliphatic rings. The highest BCUT2D eigenvalue weighted by molar-refractivity contribution is 5.81. The lowest BCUT2D eigenvalue weighted by Crippen LogP contribution is -2.40. The third kappa shape index (κ3) is 4.44. The fourth-order valence-corrected chi connectivity index (χ4v) is 1.37. The number of nitrogens with one attached hydrogen (secondary N) is 1. The zero-order valence-electron chi connectivity index (χ0n) is 9.72. The van der Waals surface area contributed by atoms with Gasteiger partial charge in [-0.05, 0) is 19.3 Å². The van der Waals surface area contributed by atoms with Crippen LogP contribution in [-0.4, -0.2) is 28.0 Å². The summed E-state index contributed by atoms with van der Waals surface area (Å²) in [5, 5.41) is 2.82. The molecule has 0 bridgehead atoms. The summed E-state index contributed by atoms with van der Waals surface area (Å²) < 4.78 is 2.03. The number of amides is 1. The molecule has 0 aliphatic carbocycles. The number of aromatic nitrogens is 2. The highest BCUT2D eigenvalue weighted by atomic mass is 16.2. The molecule has 5 heteroatoms. The quantitative estimate of drug-likeness (QED) is 0.663. The molecule has 0 unspecified atom stereocenters. The number of nitrogens with zero attached hydrogens (tertiary/aromatic N) is 2. The van der Waals surface area contributed by atoms with Crippen molar-refractivity contribution in [3.05, 3.63) is 18.7 Å². The van der Waals surface area contributed by atoms with Gasteiger partial charge in [-0.2, -0.15) is 0 Å². The van der Waals surface area contributed by atoms with Gasteiger partial charge in [0.2, 0.25) is 5.91 Å². The minimum absolute atomic E-state index is 0.0508. The van der Waals surface area contributed by atoms with Crippen molar-refractivity contribution in [1.82, 2.24) is 14.9 Å². The van der Waals surface area contributed by atoms with Gasteiger partial charge in [0.05, 0.1) is 12.4 Å². The van der Waals surface area contributed by atoms with E-state index >= 15 is 0 Å². The Morgan fingerprint density at radius 2 is 2.38 bits per heavy atom. The lowest BCUT2D eigenvalue weighted by Gasteiger charge is -2.09. The largest absolute Gasteiger partial charge is 0.355 e. The molecule has 1 aromatic heterocycles. The molecule has 1 heterocycles. The second-order valence-electron chi connectivity index (χ2n) is 3.81. The van der Waals surface area contributed by atoms with Crippen molar-refractivity contribution in [1.29, 1.82) is 0 Å². The first-order valence-corrected chi connectivity index (χ1v) is 5.73. The van der Waals surface area contributed by atoms with E-state index in [4.69, 9.17) is 5.73 Å². The molecule has 0 fully saturated rings. The van der Waals surface area contributed by atoms with Crippen LogP contribution in [0.2, 0.25) is 0 Å². The first-order chi connectivity index (χ1) is 7.74. The van der Waals surface area contributed by atoms with Gasteiger partial charge in [-0.3, -0.25) is 4.79 Å². The third-order valence-electron chi connectivity index (χ3n) is 2.48. The number of hydrogen-bond donors (Lipinski definition) is 2. The molecule has 0 aromatic carbocycles. The van der Waals surface area contributed by atoms with Crippen LogP contribution >= 0.6 is 0 Å². The second-order valence-corrected chi connectivity index (χ2v) is 3.81. The third-order valence-corrected chi connectivity index (χ3v) is 2.48. The Kier molecular flexibility index (Phi) is 5.56. The number of rotatable bonds is 7. The molecule has 5 nitrogen and oxygen atoms in total. The van der Waals surface area contributed by atoms with Crippen molar-refractivity contribution >= 4 is 5.91 Å². The van der Waals surface area contributed by atoms with Crippen LogP contribution in [0.3, 0.4) is 0 Å². The van der Waals surface area contributed by atoms with E-state index in [1.165, 1.54) is 0 Å². The SMILES string of the molecule is CC[C@@H](N)C(=O)NCCCCn1ccnc1. The molecule has 90 valence electrons. The average molecular weight is 224 g/mol. The fraction of sp³-hybridized carbons (Fsp3) is 0.636. The standard InChI is InChI=1S/C11H20N4O/c1-2-10(12)11(16)14-5-3-4-7-15-8-6-13-9-15/h6,8-10H,2-5,7,12H2,1H3,(H,14,16)/t10-/m1/s1. The second kappa shape index (κ2) is 7.00. The highest BCUT2D eigenvalue weighted by Gasteiger charge is 2.08. The number of hydrogen-bond acceptors (Lipinski definition) is 3. The lowest BCUT2D eigenvalue weighted by molar-refractivity contribution is -0.122. The summed E-state index contributed by atoms with van der Waals surface area (Å²) in [6, 6.07) is -0.367. The molecular weight excluding hydrogens is 204 g/mol. The zero-order chi connectivity index (χ0) is 11.8. The van der Waals surface area contributed by atoms with E-state index in [9.17, 15) is 4.79 Å². The van der Waals surface area contributed by atoms with E-state index in [0.29, 0.717) is 13.0 Å². The molecule has 16 heavy (non-hydrogen) atoms. The minimum atomic E-state index is -0.367. The summed E-state index contributed by atoms with van der Waals surface area (Å²) in [7, 11) is 0. The van der Waals surface area contributed by atoms with Crippen LogP contribution in [0.1, 0.15) is 26.2 Å². The maximum absolute atomic E-state index is 11.3. The topological polar surface area (TPSA) is 72.9 Å². The van der Waals surface area contributed by atoms with Gasteiger partial charge in [-0.15, -0.1) is 0 Å². The van der Waals surface area contributed by atoms with E-state index in [1.807, 2.05) is 17.7 Å². The normalized spacial score (nSPS) is 12.4. The van der Waals surface area contributed by atoms with E-state index in [2.05, 4.69) is 10.3 Å². The molecule has 1 rings (SSSR count). The van der Waals surface area contributed by atoms with Crippen LogP contribution in [-0.2, 0) is 11.3 Å². The Morgan fingerprint density at radius 3 is 3.00 bits per heavy atom. The number of unbranched alkanes of at least 4 members (excludes halogenated alkanes) is 1. The van der Waals surface area contributed by atoms with Crippen LogP contribution in [0.4, 0.5) is 0 Å². The van der Waals surface area contributed by atoms with E-state index in [0.717, 1.165) is 19.4 Å². The molecular formula is C11H20N4O. The van der Waals surface area contributed by atoms with E-state index in [1.54, 1.807) is 12.5 Å². The molecule has 3 N–H and O–H groups in total. The smallest absolute Gasteiger partial charge is 0.236 e. The van der Waals surface area contributed by atoms with Crippen molar-refractivity contribution < 1.29 is 4.79 Å². The zero-order valence-corrected chi connectivity index (χ0v) is 9.72. The summed E-state index contributed by atoms with van der Waals surface area (Å²) >= 11 is 0. The summed E-state index contributed by atoms with van der Waals surface area (Å²) in [6.45, 7) is 3.54. The Balaban J connectivity index is 2.02. The molecule has 0 saturated heterocycles. The van der Waals surface area contributed by atoms with Gasteiger partial charge >= 0.3 is 0 Å². The molecule has 1 atom stereocenters. The van der Waals surface area contributed by atoms with Crippen molar-refractivity contribution in [3.8, 4) is 0 Å². The molecule has 1 aromatic rings. The fourth-order valence-electron chi connectivity index (χ4n) is 1.37. The van der Waals surface area contributed by atoms with Crippen molar-refractivity contribution in [2.24, 2.45) is 5.73 Å². The van der Waals surface area contributed by atoms with Crippen LogP contribution in [0.25, 0.3) is 0 Å². The van der Waals surface area contributed by atoms with E-state index < -0.39 is 0 Å². The predicted molar refractivity (Wildman–Crippen MR) is 62.7 cm³/mol. The summed E-state index contributed by atoms with van der Waals surface area (Å²) in [5.41, 5.74) is 5.58. The van der Waals surface area contributed by atoms with Gasteiger partial charge in [-0.25, -0.2) is 4.98 Å². The number of carbonyl (C=O) groups is 1. The van der Waals surface area contributed by atoms with Crippen molar-refractivity contribution in [3.63, 3.8) is 0 Å². The Labute approximate surface area is 96.0 Å². The maximum atomic E-state index is 11.3. The first kappa shape index (κ1) is 12.7. The first-order valence-electron chi connectivity index (χ1n) is 5.73. The summed E-state index contributed by atoms with van der Waals surface area (Å²) in [4.78, 5) is 15.3.